The standard InChI is InChI=1S/C15H24O2/c1-10(2)7-12-8-15(17-6)13(11(3)4)9-14(12)16-5/h8-11H,7H2,1-6H3. The third-order valence-corrected chi connectivity index (χ3v) is 2.88. The summed E-state index contributed by atoms with van der Waals surface area (Å²) in [7, 11) is 3.46. The summed E-state index contributed by atoms with van der Waals surface area (Å²) in [6.07, 6.45) is 1.01. The van der Waals surface area contributed by atoms with Crippen molar-refractivity contribution in [3.63, 3.8) is 0 Å². The van der Waals surface area contributed by atoms with E-state index in [4.69, 9.17) is 9.47 Å². The second-order valence-electron chi connectivity index (χ2n) is 5.16. The van der Waals surface area contributed by atoms with Crippen molar-refractivity contribution in [1.82, 2.24) is 0 Å². The van der Waals surface area contributed by atoms with Crippen LogP contribution in [0.4, 0.5) is 0 Å². The van der Waals surface area contributed by atoms with E-state index in [1.165, 1.54) is 11.1 Å². The van der Waals surface area contributed by atoms with Gasteiger partial charge in [-0.2, -0.15) is 0 Å². The van der Waals surface area contributed by atoms with Crippen LogP contribution in [0.5, 0.6) is 11.5 Å². The van der Waals surface area contributed by atoms with E-state index in [1.54, 1.807) is 14.2 Å². The number of hydrogen-bond acceptors (Lipinski definition) is 2. The third-order valence-electron chi connectivity index (χ3n) is 2.88. The lowest BCUT2D eigenvalue weighted by Gasteiger charge is -2.17. The summed E-state index contributed by atoms with van der Waals surface area (Å²) < 4.78 is 11.0. The second-order valence-corrected chi connectivity index (χ2v) is 5.16. The van der Waals surface area contributed by atoms with Gasteiger partial charge in [-0.15, -0.1) is 0 Å². The number of hydrogen-bond donors (Lipinski definition) is 0. The molecule has 0 aliphatic heterocycles. The SMILES string of the molecule is COc1cc(C(C)C)c(OC)cc1CC(C)C. The van der Waals surface area contributed by atoms with Gasteiger partial charge in [-0.25, -0.2) is 0 Å². The highest BCUT2D eigenvalue weighted by Crippen LogP contribution is 2.34. The molecule has 1 aromatic rings. The summed E-state index contributed by atoms with van der Waals surface area (Å²) in [5.74, 6) is 2.99. The Bertz CT molecular complexity index is 367. The lowest BCUT2D eigenvalue weighted by Crippen LogP contribution is -2.02. The maximum atomic E-state index is 5.48. The number of rotatable bonds is 5. The molecule has 17 heavy (non-hydrogen) atoms. The van der Waals surface area contributed by atoms with E-state index < -0.39 is 0 Å². The minimum Gasteiger partial charge on any atom is -0.496 e. The van der Waals surface area contributed by atoms with Gasteiger partial charge in [-0.05, 0) is 36.0 Å². The molecular weight excluding hydrogens is 212 g/mol. The van der Waals surface area contributed by atoms with E-state index in [-0.39, 0.29) is 0 Å². The van der Waals surface area contributed by atoms with E-state index in [9.17, 15) is 0 Å². The maximum absolute atomic E-state index is 5.48. The first-order valence-electron chi connectivity index (χ1n) is 6.24. The molecule has 0 amide bonds. The first-order valence-corrected chi connectivity index (χ1v) is 6.24. The lowest BCUT2D eigenvalue weighted by atomic mass is 9.95. The Labute approximate surface area is 105 Å². The predicted molar refractivity (Wildman–Crippen MR) is 72.2 cm³/mol. The van der Waals surface area contributed by atoms with Crippen molar-refractivity contribution >= 4 is 0 Å². The molecule has 0 unspecified atom stereocenters. The summed E-state index contributed by atoms with van der Waals surface area (Å²) in [5, 5.41) is 0. The monoisotopic (exact) mass is 236 g/mol. The zero-order valence-corrected chi connectivity index (χ0v) is 11.8. The zero-order valence-electron chi connectivity index (χ0n) is 11.8. The summed E-state index contributed by atoms with van der Waals surface area (Å²) >= 11 is 0. The van der Waals surface area contributed by atoms with Crippen LogP contribution in [-0.2, 0) is 6.42 Å². The van der Waals surface area contributed by atoms with Crippen LogP contribution in [0.1, 0.15) is 44.7 Å². The molecule has 0 radical (unpaired) electrons. The van der Waals surface area contributed by atoms with E-state index in [1.807, 2.05) is 0 Å². The molecule has 0 saturated carbocycles. The van der Waals surface area contributed by atoms with Gasteiger partial charge >= 0.3 is 0 Å². The molecule has 1 aromatic carbocycles. The molecule has 0 spiro atoms. The normalized spacial score (nSPS) is 11.1. The van der Waals surface area contributed by atoms with Gasteiger partial charge in [0.25, 0.3) is 0 Å². The maximum Gasteiger partial charge on any atom is 0.122 e. The summed E-state index contributed by atoms with van der Waals surface area (Å²) in [5.41, 5.74) is 2.43. The molecule has 0 aliphatic carbocycles. The van der Waals surface area contributed by atoms with Gasteiger partial charge in [0, 0.05) is 5.56 Å². The summed E-state index contributed by atoms with van der Waals surface area (Å²) in [6.45, 7) is 8.75. The number of benzene rings is 1. The predicted octanol–water partition coefficient (Wildman–Crippen LogP) is 4.03. The molecule has 96 valence electrons. The Morgan fingerprint density at radius 2 is 1.53 bits per heavy atom. The molecule has 0 saturated heterocycles. The Hall–Kier alpha value is -1.18. The Morgan fingerprint density at radius 1 is 0.941 bits per heavy atom. The van der Waals surface area contributed by atoms with Crippen LogP contribution in [0.2, 0.25) is 0 Å². The summed E-state index contributed by atoms with van der Waals surface area (Å²) in [6, 6.07) is 4.23. The van der Waals surface area contributed by atoms with Gasteiger partial charge < -0.3 is 9.47 Å². The van der Waals surface area contributed by atoms with Crippen molar-refractivity contribution in [2.24, 2.45) is 5.92 Å². The van der Waals surface area contributed by atoms with E-state index in [0.717, 1.165) is 17.9 Å². The van der Waals surface area contributed by atoms with Crippen molar-refractivity contribution in [3.8, 4) is 11.5 Å². The average Bonchev–Trinajstić information content (AvgIpc) is 2.27. The van der Waals surface area contributed by atoms with Crippen LogP contribution in [0.15, 0.2) is 12.1 Å². The van der Waals surface area contributed by atoms with Gasteiger partial charge in [-0.3, -0.25) is 0 Å². The zero-order chi connectivity index (χ0) is 13.0. The fraction of sp³-hybridized carbons (Fsp3) is 0.600. The van der Waals surface area contributed by atoms with Crippen LogP contribution >= 0.6 is 0 Å². The molecule has 0 fully saturated rings. The largest absolute Gasteiger partial charge is 0.496 e. The smallest absolute Gasteiger partial charge is 0.122 e. The molecule has 1 rings (SSSR count). The highest BCUT2D eigenvalue weighted by molar-refractivity contribution is 5.48. The Kier molecular flexibility index (Phi) is 4.86. The fourth-order valence-corrected chi connectivity index (χ4v) is 2.04. The molecule has 2 heteroatoms. The lowest BCUT2D eigenvalue weighted by molar-refractivity contribution is 0.391. The second kappa shape index (κ2) is 5.95. The summed E-state index contributed by atoms with van der Waals surface area (Å²) in [4.78, 5) is 0. The first-order chi connectivity index (χ1) is 7.99. The van der Waals surface area contributed by atoms with Gasteiger partial charge in [0.2, 0.25) is 0 Å². The molecule has 0 aliphatic rings. The van der Waals surface area contributed by atoms with Gasteiger partial charge in [0.05, 0.1) is 14.2 Å². The van der Waals surface area contributed by atoms with Crippen molar-refractivity contribution in [3.05, 3.63) is 23.3 Å². The van der Waals surface area contributed by atoms with Gasteiger partial charge in [0.15, 0.2) is 0 Å². The third kappa shape index (κ3) is 3.39. The average molecular weight is 236 g/mol. The van der Waals surface area contributed by atoms with Crippen LogP contribution in [-0.4, -0.2) is 14.2 Å². The topological polar surface area (TPSA) is 18.5 Å². The van der Waals surface area contributed by atoms with E-state index in [2.05, 4.69) is 39.8 Å². The van der Waals surface area contributed by atoms with Gasteiger partial charge in [-0.1, -0.05) is 27.7 Å². The van der Waals surface area contributed by atoms with Crippen molar-refractivity contribution in [2.45, 2.75) is 40.0 Å². The van der Waals surface area contributed by atoms with E-state index in [0.29, 0.717) is 11.8 Å². The number of methoxy groups -OCH3 is 2. The molecular formula is C15H24O2. The highest BCUT2D eigenvalue weighted by Gasteiger charge is 2.14. The quantitative estimate of drug-likeness (QED) is 0.768. The molecule has 0 bridgehead atoms. The molecule has 0 N–H and O–H groups in total. The highest BCUT2D eigenvalue weighted by atomic mass is 16.5. The molecule has 0 atom stereocenters. The fourth-order valence-electron chi connectivity index (χ4n) is 2.04. The molecule has 0 aromatic heterocycles. The minimum atomic E-state index is 0.437. The Balaban J connectivity index is 3.22. The van der Waals surface area contributed by atoms with Crippen molar-refractivity contribution in [2.75, 3.05) is 14.2 Å². The number of ether oxygens (including phenoxy) is 2. The Morgan fingerprint density at radius 3 is 1.94 bits per heavy atom. The molecule has 2 nitrogen and oxygen atoms in total. The first kappa shape index (κ1) is 13.9. The van der Waals surface area contributed by atoms with Crippen molar-refractivity contribution < 1.29 is 9.47 Å². The van der Waals surface area contributed by atoms with Crippen LogP contribution < -0.4 is 9.47 Å². The van der Waals surface area contributed by atoms with Gasteiger partial charge in [0.1, 0.15) is 11.5 Å². The van der Waals surface area contributed by atoms with Crippen molar-refractivity contribution in [1.29, 1.82) is 0 Å². The van der Waals surface area contributed by atoms with E-state index >= 15 is 0 Å². The van der Waals surface area contributed by atoms with Crippen LogP contribution in [0, 0.1) is 5.92 Å². The van der Waals surface area contributed by atoms with Crippen LogP contribution in [0.25, 0.3) is 0 Å². The van der Waals surface area contributed by atoms with Crippen LogP contribution in [0.3, 0.4) is 0 Å². The molecule has 0 heterocycles. The minimum absolute atomic E-state index is 0.437.